The predicted octanol–water partition coefficient (Wildman–Crippen LogP) is -1.32. The van der Waals surface area contributed by atoms with Crippen LogP contribution < -0.4 is 11.0 Å². The van der Waals surface area contributed by atoms with Crippen molar-refractivity contribution in [3.63, 3.8) is 0 Å². The normalized spacial score (nSPS) is 36.2. The maximum Gasteiger partial charge on any atom is 0.346 e. The lowest BCUT2D eigenvalue weighted by atomic mass is 10.1. The molecule has 2 unspecified atom stereocenters. The number of alkyl halides is 2. The number of rotatable bonds is 3. The van der Waals surface area contributed by atoms with Gasteiger partial charge in [-0.15, -0.1) is 0 Å². The summed E-state index contributed by atoms with van der Waals surface area (Å²) in [4.78, 5) is 16.7. The molecule has 19 heavy (non-hydrogen) atoms. The third kappa shape index (κ3) is 2.86. The molecule has 1 aliphatic rings. The predicted molar refractivity (Wildman–Crippen MR) is 69.2 cm³/mol. The summed E-state index contributed by atoms with van der Waals surface area (Å²) in [5, 5.41) is 30.7. The third-order valence-corrected chi connectivity index (χ3v) is 3.32. The van der Waals surface area contributed by atoms with Gasteiger partial charge in [0.25, 0.3) is 5.85 Å². The molecule has 0 amide bonds. The van der Waals surface area contributed by atoms with E-state index in [2.05, 4.69) is 15.3 Å². The third-order valence-electron chi connectivity index (χ3n) is 2.61. The van der Waals surface area contributed by atoms with Crippen LogP contribution in [0.1, 0.15) is 0 Å². The molecule has 5 atom stereocenters. The van der Waals surface area contributed by atoms with Crippen LogP contribution in [0.3, 0.4) is 0 Å². The second-order valence-corrected chi connectivity index (χ2v) is 5.23. The average molecular weight is 387 g/mol. The fraction of sp³-hybridized carbons (Fsp3) is 0.556. The molecule has 1 fully saturated rings. The van der Waals surface area contributed by atoms with Crippen molar-refractivity contribution in [3.05, 3.63) is 22.7 Å². The van der Waals surface area contributed by atoms with Gasteiger partial charge in [0.15, 0.2) is 6.23 Å². The van der Waals surface area contributed by atoms with Crippen LogP contribution in [0.25, 0.3) is 0 Å². The van der Waals surface area contributed by atoms with Gasteiger partial charge in [-0.1, -0.05) is 0 Å². The molecule has 0 radical (unpaired) electrons. The summed E-state index contributed by atoms with van der Waals surface area (Å²) in [6.45, 7) is 0. The monoisotopic (exact) mass is 387 g/mol. The van der Waals surface area contributed by atoms with Gasteiger partial charge < -0.3 is 30.4 Å². The first kappa shape index (κ1) is 14.6. The van der Waals surface area contributed by atoms with E-state index in [-0.39, 0.29) is 5.82 Å². The van der Waals surface area contributed by atoms with E-state index in [1.807, 2.05) is 0 Å². The number of H-pyrrole nitrogens is 1. The quantitative estimate of drug-likeness (QED) is 0.322. The Kier molecular flexibility index (Phi) is 4.06. The van der Waals surface area contributed by atoms with Crippen molar-refractivity contribution in [2.24, 2.45) is 0 Å². The topological polar surface area (TPSA) is 128 Å². The highest BCUT2D eigenvalue weighted by Gasteiger charge is 2.58. The first-order valence-corrected chi connectivity index (χ1v) is 6.46. The van der Waals surface area contributed by atoms with Gasteiger partial charge in [-0.3, -0.25) is 0 Å². The molecular weight excluding hydrogens is 376 g/mol. The summed E-state index contributed by atoms with van der Waals surface area (Å²) in [6.07, 6.45) is -3.63. The number of ether oxygens (including phenoxy) is 1. The van der Waals surface area contributed by atoms with E-state index in [4.69, 9.17) is 4.74 Å². The zero-order valence-corrected chi connectivity index (χ0v) is 11.5. The highest BCUT2D eigenvalue weighted by Crippen LogP contribution is 2.35. The number of hydrogen-bond donors (Lipinski definition) is 5. The minimum Gasteiger partial charge on any atom is -0.384 e. The van der Waals surface area contributed by atoms with Crippen molar-refractivity contribution in [2.75, 3.05) is 5.32 Å². The van der Waals surface area contributed by atoms with Crippen molar-refractivity contribution in [1.82, 2.24) is 9.97 Å². The lowest BCUT2D eigenvalue weighted by Crippen LogP contribution is -2.48. The molecular formula is C9H11FIN3O5. The van der Waals surface area contributed by atoms with E-state index < -0.39 is 34.1 Å². The summed E-state index contributed by atoms with van der Waals surface area (Å²) >= 11 is 1.52. The van der Waals surface area contributed by atoms with Crippen molar-refractivity contribution in [1.29, 1.82) is 0 Å². The summed E-state index contributed by atoms with van der Waals surface area (Å²) < 4.78 is 17.7. The number of anilines is 1. The van der Waals surface area contributed by atoms with Crippen LogP contribution in [0.15, 0.2) is 17.1 Å². The molecule has 0 aliphatic carbocycles. The molecule has 0 saturated carbocycles. The second kappa shape index (κ2) is 5.28. The van der Waals surface area contributed by atoms with E-state index in [0.717, 1.165) is 0 Å². The maximum absolute atomic E-state index is 14.0. The van der Waals surface area contributed by atoms with Crippen LogP contribution in [0.5, 0.6) is 0 Å². The first-order chi connectivity index (χ1) is 8.82. The Hall–Kier alpha value is -0.820. The molecule has 2 heterocycles. The molecule has 8 nitrogen and oxygen atoms in total. The van der Waals surface area contributed by atoms with Crippen molar-refractivity contribution >= 4 is 28.4 Å². The number of aliphatic hydroxyl groups excluding tert-OH is 2. The van der Waals surface area contributed by atoms with Gasteiger partial charge in [0.2, 0.25) is 0 Å². The molecule has 1 aromatic heterocycles. The SMILES string of the molecule is O=c1nc(NC2O[C@H](C(O)I)[C@@H](O)[C@@]2(O)F)cc[nH]1. The molecule has 0 spiro atoms. The van der Waals surface area contributed by atoms with Gasteiger partial charge >= 0.3 is 5.69 Å². The summed E-state index contributed by atoms with van der Waals surface area (Å²) in [5.74, 6) is -3.16. The lowest BCUT2D eigenvalue weighted by Gasteiger charge is -2.22. The Balaban J connectivity index is 2.19. The first-order valence-electron chi connectivity index (χ1n) is 5.21. The van der Waals surface area contributed by atoms with Crippen molar-refractivity contribution in [3.8, 4) is 0 Å². The second-order valence-electron chi connectivity index (χ2n) is 3.95. The van der Waals surface area contributed by atoms with E-state index in [1.54, 1.807) is 0 Å². The van der Waals surface area contributed by atoms with E-state index in [1.165, 1.54) is 34.9 Å². The molecule has 1 aliphatic heterocycles. The van der Waals surface area contributed by atoms with Crippen molar-refractivity contribution in [2.45, 2.75) is 28.4 Å². The summed E-state index contributed by atoms with van der Waals surface area (Å²) in [7, 11) is 0. The van der Waals surface area contributed by atoms with Crippen LogP contribution in [-0.2, 0) is 4.74 Å². The highest BCUT2D eigenvalue weighted by molar-refractivity contribution is 14.1. The van der Waals surface area contributed by atoms with Crippen molar-refractivity contribution < 1.29 is 24.4 Å². The van der Waals surface area contributed by atoms with Crippen LogP contribution in [0.2, 0.25) is 0 Å². The van der Waals surface area contributed by atoms with Gasteiger partial charge in [-0.25, -0.2) is 9.18 Å². The fourth-order valence-electron chi connectivity index (χ4n) is 1.65. The molecule has 0 aromatic carbocycles. The minimum absolute atomic E-state index is 0.0411. The maximum atomic E-state index is 14.0. The average Bonchev–Trinajstić information content (AvgIpc) is 2.53. The zero-order valence-electron chi connectivity index (χ0n) is 9.33. The number of nitrogens with one attached hydrogen (secondary N) is 2. The number of aromatic nitrogens is 2. The van der Waals surface area contributed by atoms with Crippen LogP contribution in [0.4, 0.5) is 10.2 Å². The van der Waals surface area contributed by atoms with Gasteiger partial charge in [-0.05, 0) is 28.7 Å². The van der Waals surface area contributed by atoms with Gasteiger partial charge in [0, 0.05) is 6.20 Å². The Labute approximate surface area is 119 Å². The van der Waals surface area contributed by atoms with Gasteiger partial charge in [0.1, 0.15) is 22.1 Å². The molecule has 106 valence electrons. The molecule has 5 N–H and O–H groups in total. The van der Waals surface area contributed by atoms with E-state index in [0.29, 0.717) is 0 Å². The Bertz CT molecular complexity index is 511. The number of aromatic amines is 1. The minimum atomic E-state index is -3.12. The number of nitrogens with zero attached hydrogens (tertiary/aromatic N) is 1. The Morgan fingerprint density at radius 2 is 2.37 bits per heavy atom. The molecule has 0 bridgehead atoms. The molecule has 1 saturated heterocycles. The van der Waals surface area contributed by atoms with E-state index in [9.17, 15) is 24.5 Å². The Morgan fingerprint density at radius 3 is 2.89 bits per heavy atom. The number of halogens is 2. The van der Waals surface area contributed by atoms with E-state index >= 15 is 0 Å². The summed E-state index contributed by atoms with van der Waals surface area (Å²) in [5.41, 5.74) is -0.670. The Morgan fingerprint density at radius 1 is 1.68 bits per heavy atom. The highest BCUT2D eigenvalue weighted by atomic mass is 127. The summed E-state index contributed by atoms with van der Waals surface area (Å²) in [6, 6.07) is 1.32. The van der Waals surface area contributed by atoms with Gasteiger partial charge in [0.05, 0.1) is 0 Å². The smallest absolute Gasteiger partial charge is 0.346 e. The molecule has 1 aromatic rings. The molecule has 2 rings (SSSR count). The van der Waals surface area contributed by atoms with Crippen LogP contribution >= 0.6 is 22.6 Å². The van der Waals surface area contributed by atoms with Crippen LogP contribution in [0, 0.1) is 0 Å². The number of aliphatic hydroxyl groups is 3. The fourth-order valence-corrected chi connectivity index (χ4v) is 2.21. The number of hydrogen-bond acceptors (Lipinski definition) is 7. The zero-order chi connectivity index (χ0) is 14.2. The largest absolute Gasteiger partial charge is 0.384 e. The standard InChI is InChI=1S/C9H11FIN3O5/c10-9(18)5(15)4(6(11)16)19-7(9)13-3-1-2-12-8(17)14-3/h1-2,4-7,15-16,18H,(H2,12,13,14,17)/t4-,5+,6?,7?,9-/m0/s1. The van der Waals surface area contributed by atoms with Gasteiger partial charge in [-0.2, -0.15) is 4.98 Å². The molecule has 10 heteroatoms. The van der Waals surface area contributed by atoms with Crippen LogP contribution in [-0.4, -0.2) is 53.7 Å². The lowest BCUT2D eigenvalue weighted by molar-refractivity contribution is -0.167.